The van der Waals surface area contributed by atoms with Crippen molar-refractivity contribution in [3.63, 3.8) is 0 Å². The largest absolute Gasteiger partial charge is 0.329 e. The number of nitrogens with zero attached hydrogens (tertiary/aromatic N) is 2. The van der Waals surface area contributed by atoms with Crippen LogP contribution >= 0.6 is 34.7 Å². The van der Waals surface area contributed by atoms with Gasteiger partial charge in [0.05, 0.1) is 17.3 Å². The van der Waals surface area contributed by atoms with Gasteiger partial charge in [-0.25, -0.2) is 9.78 Å². The first kappa shape index (κ1) is 20.7. The zero-order chi connectivity index (χ0) is 21.1. The molecular formula is C22H18ClN3O2S2. The van der Waals surface area contributed by atoms with Gasteiger partial charge in [0.15, 0.2) is 0 Å². The maximum Gasteiger partial charge on any atom is 0.329 e. The summed E-state index contributed by atoms with van der Waals surface area (Å²) in [5.41, 5.74) is 2.66. The van der Waals surface area contributed by atoms with E-state index in [9.17, 15) is 9.59 Å². The van der Waals surface area contributed by atoms with Crippen LogP contribution in [0.15, 0.2) is 74.6 Å². The van der Waals surface area contributed by atoms with Crippen molar-refractivity contribution in [2.75, 3.05) is 0 Å². The lowest BCUT2D eigenvalue weighted by Gasteiger charge is -2.09. The molecule has 8 heteroatoms. The van der Waals surface area contributed by atoms with Gasteiger partial charge < -0.3 is 4.98 Å². The van der Waals surface area contributed by atoms with Crippen LogP contribution in [0.3, 0.4) is 0 Å². The Hall–Kier alpha value is -2.61. The van der Waals surface area contributed by atoms with Crippen LogP contribution in [0.2, 0.25) is 5.02 Å². The van der Waals surface area contributed by atoms with Gasteiger partial charge in [-0.1, -0.05) is 54.1 Å². The Labute approximate surface area is 186 Å². The number of H-pyrrole nitrogens is 1. The average Bonchev–Trinajstić information content (AvgIpc) is 3.23. The summed E-state index contributed by atoms with van der Waals surface area (Å²) >= 11 is 8.90. The van der Waals surface area contributed by atoms with Crippen molar-refractivity contribution in [3.05, 3.63) is 103 Å². The van der Waals surface area contributed by atoms with E-state index in [-0.39, 0.29) is 12.1 Å². The van der Waals surface area contributed by atoms with Crippen molar-refractivity contribution in [2.24, 2.45) is 0 Å². The quantitative estimate of drug-likeness (QED) is 0.329. The molecule has 2 heterocycles. The van der Waals surface area contributed by atoms with Gasteiger partial charge >= 0.3 is 5.69 Å². The molecule has 5 nitrogen and oxygen atoms in total. The Balaban J connectivity index is 1.51. The fourth-order valence-corrected chi connectivity index (χ4v) is 4.91. The van der Waals surface area contributed by atoms with Crippen LogP contribution in [-0.4, -0.2) is 14.5 Å². The summed E-state index contributed by atoms with van der Waals surface area (Å²) in [5.74, 6) is 0.559. The lowest BCUT2D eigenvalue weighted by atomic mass is 10.2. The van der Waals surface area contributed by atoms with Gasteiger partial charge in [0.1, 0.15) is 5.01 Å². The molecule has 2 aromatic carbocycles. The summed E-state index contributed by atoms with van der Waals surface area (Å²) in [4.78, 5) is 32.8. The van der Waals surface area contributed by atoms with E-state index in [2.05, 4.69) is 9.97 Å². The standard InChI is InChI=1S/C22H18ClN3O2S2/c1-14-19(25-22(28)26(21(14)27)11-15-5-3-2-4-6-15)29-12-18-13-30-20(24-18)16-7-9-17(23)10-8-16/h2-10,13H,11-12H2,1H3,(H,25,28). The molecule has 0 aliphatic rings. The van der Waals surface area contributed by atoms with E-state index in [1.165, 1.54) is 16.3 Å². The Kier molecular flexibility index (Phi) is 6.22. The lowest BCUT2D eigenvalue weighted by Crippen LogP contribution is -2.37. The van der Waals surface area contributed by atoms with Crippen molar-refractivity contribution in [2.45, 2.75) is 24.2 Å². The highest BCUT2D eigenvalue weighted by molar-refractivity contribution is 7.98. The summed E-state index contributed by atoms with van der Waals surface area (Å²) in [7, 11) is 0. The number of hydrogen-bond acceptors (Lipinski definition) is 5. The van der Waals surface area contributed by atoms with E-state index in [0.717, 1.165) is 21.8 Å². The summed E-state index contributed by atoms with van der Waals surface area (Å²) < 4.78 is 1.23. The number of hydrogen-bond donors (Lipinski definition) is 1. The highest BCUT2D eigenvalue weighted by Gasteiger charge is 2.13. The highest BCUT2D eigenvalue weighted by Crippen LogP contribution is 2.28. The molecule has 1 N–H and O–H groups in total. The Bertz CT molecular complexity index is 1280. The summed E-state index contributed by atoms with van der Waals surface area (Å²) in [6.07, 6.45) is 0. The van der Waals surface area contributed by atoms with Gasteiger partial charge in [0.25, 0.3) is 5.56 Å². The zero-order valence-electron chi connectivity index (χ0n) is 16.1. The number of aromatic nitrogens is 3. The monoisotopic (exact) mass is 455 g/mol. The number of halogens is 1. The molecule has 0 aliphatic heterocycles. The molecule has 2 aromatic heterocycles. The van der Waals surface area contributed by atoms with Crippen LogP contribution in [0.1, 0.15) is 16.8 Å². The summed E-state index contributed by atoms with van der Waals surface area (Å²) in [5, 5.41) is 4.16. The molecule has 0 unspecified atom stereocenters. The maximum absolute atomic E-state index is 12.7. The molecule has 0 saturated heterocycles. The second-order valence-electron chi connectivity index (χ2n) is 6.70. The third kappa shape index (κ3) is 4.59. The number of aromatic amines is 1. The number of thioether (sulfide) groups is 1. The molecule has 0 atom stereocenters. The van der Waals surface area contributed by atoms with Crippen LogP contribution in [0.5, 0.6) is 0 Å². The molecule has 4 rings (SSSR count). The predicted octanol–water partition coefficient (Wildman–Crippen LogP) is 4.96. The van der Waals surface area contributed by atoms with Crippen LogP contribution in [0, 0.1) is 6.92 Å². The highest BCUT2D eigenvalue weighted by atomic mass is 35.5. The minimum Gasteiger partial charge on any atom is -0.301 e. The first-order valence-electron chi connectivity index (χ1n) is 9.22. The fourth-order valence-electron chi connectivity index (χ4n) is 2.95. The Morgan fingerprint density at radius 3 is 2.57 bits per heavy atom. The summed E-state index contributed by atoms with van der Waals surface area (Å²) in [6, 6.07) is 17.0. The molecule has 152 valence electrons. The molecule has 0 amide bonds. The third-order valence-electron chi connectivity index (χ3n) is 4.56. The van der Waals surface area contributed by atoms with Gasteiger partial charge in [-0.2, -0.15) is 0 Å². The molecule has 4 aromatic rings. The molecule has 0 bridgehead atoms. The van der Waals surface area contributed by atoms with Crippen LogP contribution in [0.4, 0.5) is 0 Å². The van der Waals surface area contributed by atoms with Crippen LogP contribution in [0.25, 0.3) is 10.6 Å². The van der Waals surface area contributed by atoms with Crippen molar-refractivity contribution in [1.29, 1.82) is 0 Å². The van der Waals surface area contributed by atoms with E-state index >= 15 is 0 Å². The van der Waals surface area contributed by atoms with Crippen molar-refractivity contribution in [1.82, 2.24) is 14.5 Å². The molecule has 30 heavy (non-hydrogen) atoms. The zero-order valence-corrected chi connectivity index (χ0v) is 18.5. The van der Waals surface area contributed by atoms with E-state index < -0.39 is 5.69 Å². The minimum absolute atomic E-state index is 0.247. The Morgan fingerprint density at radius 2 is 1.83 bits per heavy atom. The third-order valence-corrected chi connectivity index (χ3v) is 6.89. The lowest BCUT2D eigenvalue weighted by molar-refractivity contribution is 0.671. The van der Waals surface area contributed by atoms with E-state index in [1.54, 1.807) is 18.3 Å². The van der Waals surface area contributed by atoms with E-state index in [0.29, 0.717) is 21.4 Å². The normalized spacial score (nSPS) is 11.0. The number of rotatable bonds is 6. The predicted molar refractivity (Wildman–Crippen MR) is 124 cm³/mol. The first-order chi connectivity index (χ1) is 14.5. The second-order valence-corrected chi connectivity index (χ2v) is 8.98. The second kappa shape index (κ2) is 9.04. The molecule has 0 spiro atoms. The van der Waals surface area contributed by atoms with Gasteiger partial charge in [-0.15, -0.1) is 23.1 Å². The van der Waals surface area contributed by atoms with Gasteiger partial charge in [-0.05, 0) is 24.6 Å². The van der Waals surface area contributed by atoms with E-state index in [4.69, 9.17) is 11.6 Å². The smallest absolute Gasteiger partial charge is 0.301 e. The van der Waals surface area contributed by atoms with Crippen LogP contribution < -0.4 is 11.2 Å². The fraction of sp³-hybridized carbons (Fsp3) is 0.136. The molecule has 0 aliphatic carbocycles. The van der Waals surface area contributed by atoms with Crippen LogP contribution in [-0.2, 0) is 12.3 Å². The molecule has 0 radical (unpaired) electrons. The van der Waals surface area contributed by atoms with Crippen molar-refractivity contribution in [3.8, 4) is 10.6 Å². The minimum atomic E-state index is -0.405. The molecule has 0 saturated carbocycles. The molecular weight excluding hydrogens is 438 g/mol. The number of benzene rings is 2. The molecule has 0 fully saturated rings. The van der Waals surface area contributed by atoms with Gasteiger partial charge in [-0.3, -0.25) is 9.36 Å². The van der Waals surface area contributed by atoms with Crippen molar-refractivity contribution < 1.29 is 0 Å². The van der Waals surface area contributed by atoms with Gasteiger partial charge in [0, 0.05) is 27.3 Å². The maximum atomic E-state index is 12.7. The number of nitrogens with one attached hydrogen (secondary N) is 1. The van der Waals surface area contributed by atoms with E-state index in [1.807, 2.05) is 60.0 Å². The SMILES string of the molecule is Cc1c(SCc2csc(-c3ccc(Cl)cc3)n2)[nH]c(=O)n(Cc2ccccc2)c1=O. The Morgan fingerprint density at radius 1 is 1.10 bits per heavy atom. The van der Waals surface area contributed by atoms with Gasteiger partial charge in [0.2, 0.25) is 0 Å². The average molecular weight is 456 g/mol. The summed E-state index contributed by atoms with van der Waals surface area (Å²) in [6.45, 7) is 1.99. The topological polar surface area (TPSA) is 67.8 Å². The number of thiazole rings is 1. The first-order valence-corrected chi connectivity index (χ1v) is 11.5. The van der Waals surface area contributed by atoms with Crippen molar-refractivity contribution >= 4 is 34.7 Å².